The van der Waals surface area contributed by atoms with E-state index in [9.17, 15) is 0 Å². The second-order valence-corrected chi connectivity index (χ2v) is 3.79. The number of hydrogen-bond donors (Lipinski definition) is 1. The highest BCUT2D eigenvalue weighted by atomic mass is 35.5. The molecular weight excluding hydrogens is 228 g/mol. The number of aromatic nitrogens is 3. The van der Waals surface area contributed by atoms with Gasteiger partial charge in [0.25, 0.3) is 0 Å². The summed E-state index contributed by atoms with van der Waals surface area (Å²) in [5.41, 5.74) is 7.02. The number of halogens is 1. The summed E-state index contributed by atoms with van der Waals surface area (Å²) in [6.07, 6.45) is 1.78. The van der Waals surface area contributed by atoms with Crippen LogP contribution in [-0.4, -0.2) is 15.0 Å². The maximum atomic E-state index is 5.84. The molecule has 2 rings (SSSR count). The monoisotopic (exact) mass is 238 g/mol. The van der Waals surface area contributed by atoms with Gasteiger partial charge in [0.05, 0.1) is 11.9 Å². The van der Waals surface area contributed by atoms with Gasteiger partial charge in [-0.25, -0.2) is 0 Å². The van der Waals surface area contributed by atoms with Crippen molar-refractivity contribution >= 4 is 17.3 Å². The first-order valence-electron chi connectivity index (χ1n) is 4.68. The Labute approximate surface area is 97.8 Å². The summed E-state index contributed by atoms with van der Waals surface area (Å²) in [4.78, 5) is 0. The summed E-state index contributed by atoms with van der Waals surface area (Å²) in [6.45, 7) is 0.318. The predicted molar refractivity (Wildman–Crippen MR) is 61.2 cm³/mol. The van der Waals surface area contributed by atoms with Gasteiger partial charge in [0.1, 0.15) is 18.1 Å². The average molecular weight is 239 g/mol. The van der Waals surface area contributed by atoms with Crippen LogP contribution in [0.2, 0.25) is 5.02 Å². The van der Waals surface area contributed by atoms with Gasteiger partial charge < -0.3 is 10.5 Å². The lowest BCUT2D eigenvalue weighted by molar-refractivity contribution is 0.303. The van der Waals surface area contributed by atoms with Crippen LogP contribution in [0.15, 0.2) is 24.4 Å². The molecule has 0 saturated carbocycles. The fraction of sp³-hybridized carbons (Fsp3) is 0.200. The second kappa shape index (κ2) is 4.40. The topological polar surface area (TPSA) is 66.0 Å². The molecule has 6 heteroatoms. The molecule has 1 aromatic heterocycles. The van der Waals surface area contributed by atoms with Crippen molar-refractivity contribution < 1.29 is 4.74 Å². The molecule has 2 aromatic rings. The molecule has 0 amide bonds. The highest BCUT2D eigenvalue weighted by Crippen LogP contribution is 2.25. The van der Waals surface area contributed by atoms with E-state index in [1.54, 1.807) is 36.1 Å². The first kappa shape index (κ1) is 10.8. The number of benzene rings is 1. The third-order valence-electron chi connectivity index (χ3n) is 2.00. The summed E-state index contributed by atoms with van der Waals surface area (Å²) in [6, 6.07) is 5.09. The molecule has 0 spiro atoms. The maximum absolute atomic E-state index is 5.84. The first-order chi connectivity index (χ1) is 7.65. The van der Waals surface area contributed by atoms with Gasteiger partial charge in [-0.2, -0.15) is 0 Å². The zero-order valence-electron chi connectivity index (χ0n) is 8.72. The maximum Gasteiger partial charge on any atom is 0.144 e. The lowest BCUT2D eigenvalue weighted by Crippen LogP contribution is -1.99. The van der Waals surface area contributed by atoms with Gasteiger partial charge in [0.15, 0.2) is 0 Å². The molecule has 0 bridgehead atoms. The quantitative estimate of drug-likeness (QED) is 0.826. The highest BCUT2D eigenvalue weighted by molar-refractivity contribution is 6.30. The number of anilines is 1. The van der Waals surface area contributed by atoms with Crippen LogP contribution < -0.4 is 10.5 Å². The van der Waals surface area contributed by atoms with Crippen molar-refractivity contribution in [3.8, 4) is 5.75 Å². The van der Waals surface area contributed by atoms with Crippen LogP contribution in [0.3, 0.4) is 0 Å². The Morgan fingerprint density at radius 1 is 1.50 bits per heavy atom. The minimum absolute atomic E-state index is 0.318. The lowest BCUT2D eigenvalue weighted by atomic mass is 10.3. The average Bonchev–Trinajstić information content (AvgIpc) is 2.66. The summed E-state index contributed by atoms with van der Waals surface area (Å²) in [7, 11) is 1.80. The number of hydrogen-bond acceptors (Lipinski definition) is 4. The van der Waals surface area contributed by atoms with Crippen molar-refractivity contribution in [1.29, 1.82) is 0 Å². The molecular formula is C10H11ClN4O. The zero-order valence-corrected chi connectivity index (χ0v) is 9.48. The molecule has 16 heavy (non-hydrogen) atoms. The second-order valence-electron chi connectivity index (χ2n) is 3.35. The van der Waals surface area contributed by atoms with Crippen LogP contribution in [0.4, 0.5) is 5.69 Å². The molecule has 0 atom stereocenters. The van der Waals surface area contributed by atoms with E-state index >= 15 is 0 Å². The molecule has 0 aliphatic carbocycles. The normalized spacial score (nSPS) is 10.4. The van der Waals surface area contributed by atoms with Gasteiger partial charge >= 0.3 is 0 Å². The fourth-order valence-corrected chi connectivity index (χ4v) is 1.41. The van der Waals surface area contributed by atoms with Gasteiger partial charge in [-0.3, -0.25) is 4.68 Å². The summed E-state index contributed by atoms with van der Waals surface area (Å²) < 4.78 is 7.10. The van der Waals surface area contributed by atoms with Crippen molar-refractivity contribution in [1.82, 2.24) is 15.0 Å². The van der Waals surface area contributed by atoms with Gasteiger partial charge in [0.2, 0.25) is 0 Å². The van der Waals surface area contributed by atoms with Crippen molar-refractivity contribution in [2.45, 2.75) is 6.61 Å². The van der Waals surface area contributed by atoms with E-state index in [2.05, 4.69) is 10.3 Å². The Bertz CT molecular complexity index is 497. The summed E-state index contributed by atoms with van der Waals surface area (Å²) >= 11 is 5.84. The Morgan fingerprint density at radius 2 is 2.31 bits per heavy atom. The van der Waals surface area contributed by atoms with Crippen LogP contribution in [0.1, 0.15) is 5.69 Å². The van der Waals surface area contributed by atoms with Crippen LogP contribution in [0.25, 0.3) is 0 Å². The standard InChI is InChI=1S/C10H11ClN4O/c1-15-5-8(13-14-15)6-16-10-4-7(11)2-3-9(10)12/h2-5H,6,12H2,1H3. The fourth-order valence-electron chi connectivity index (χ4n) is 1.25. The van der Waals surface area contributed by atoms with Crippen LogP contribution >= 0.6 is 11.6 Å². The van der Waals surface area contributed by atoms with Gasteiger partial charge in [-0.1, -0.05) is 16.8 Å². The van der Waals surface area contributed by atoms with E-state index in [0.29, 0.717) is 23.1 Å². The molecule has 2 N–H and O–H groups in total. The van der Waals surface area contributed by atoms with E-state index in [-0.39, 0.29) is 0 Å². The van der Waals surface area contributed by atoms with E-state index in [0.717, 1.165) is 5.69 Å². The van der Waals surface area contributed by atoms with E-state index < -0.39 is 0 Å². The Morgan fingerprint density at radius 3 is 3.00 bits per heavy atom. The lowest BCUT2D eigenvalue weighted by Gasteiger charge is -2.07. The summed E-state index contributed by atoms with van der Waals surface area (Å²) in [5, 5.41) is 8.28. The Kier molecular flexibility index (Phi) is 2.96. The number of nitrogens with zero attached hydrogens (tertiary/aromatic N) is 3. The highest BCUT2D eigenvalue weighted by Gasteiger charge is 2.04. The smallest absolute Gasteiger partial charge is 0.144 e. The third-order valence-corrected chi connectivity index (χ3v) is 2.24. The van der Waals surface area contributed by atoms with Crippen molar-refractivity contribution in [2.24, 2.45) is 7.05 Å². The van der Waals surface area contributed by atoms with Crippen LogP contribution in [-0.2, 0) is 13.7 Å². The number of nitrogens with two attached hydrogens (primary N) is 1. The molecule has 0 saturated heterocycles. The van der Waals surface area contributed by atoms with Gasteiger partial charge in [-0.05, 0) is 12.1 Å². The minimum Gasteiger partial charge on any atom is -0.485 e. The molecule has 0 unspecified atom stereocenters. The number of nitrogen functional groups attached to an aromatic ring is 1. The van der Waals surface area contributed by atoms with Crippen molar-refractivity contribution in [3.05, 3.63) is 35.1 Å². The van der Waals surface area contributed by atoms with Crippen molar-refractivity contribution in [2.75, 3.05) is 5.73 Å². The Hall–Kier alpha value is -1.75. The number of aryl methyl sites for hydroxylation is 1. The molecule has 0 aliphatic heterocycles. The van der Waals surface area contributed by atoms with Gasteiger partial charge in [-0.15, -0.1) is 5.10 Å². The molecule has 0 aliphatic rings. The Balaban J connectivity index is 2.07. The first-order valence-corrected chi connectivity index (χ1v) is 5.06. The number of ether oxygens (including phenoxy) is 1. The molecule has 1 aromatic carbocycles. The molecule has 5 nitrogen and oxygen atoms in total. The van der Waals surface area contributed by atoms with Crippen LogP contribution in [0, 0.1) is 0 Å². The van der Waals surface area contributed by atoms with Crippen molar-refractivity contribution in [3.63, 3.8) is 0 Å². The zero-order chi connectivity index (χ0) is 11.5. The number of rotatable bonds is 3. The van der Waals surface area contributed by atoms with E-state index in [1.165, 1.54) is 0 Å². The SMILES string of the molecule is Cn1cc(COc2cc(Cl)ccc2N)nn1. The molecule has 0 radical (unpaired) electrons. The van der Waals surface area contributed by atoms with E-state index in [1.807, 2.05) is 0 Å². The van der Waals surface area contributed by atoms with E-state index in [4.69, 9.17) is 22.1 Å². The minimum atomic E-state index is 0.318. The molecule has 84 valence electrons. The van der Waals surface area contributed by atoms with Crippen LogP contribution in [0.5, 0.6) is 5.75 Å². The molecule has 0 fully saturated rings. The summed E-state index contributed by atoms with van der Waals surface area (Å²) in [5.74, 6) is 0.554. The molecule has 1 heterocycles. The third kappa shape index (κ3) is 2.43. The van der Waals surface area contributed by atoms with Gasteiger partial charge in [0, 0.05) is 18.1 Å². The predicted octanol–water partition coefficient (Wildman–Crippen LogP) is 1.63. The largest absolute Gasteiger partial charge is 0.485 e.